The molecule has 0 aliphatic carbocycles. The van der Waals surface area contributed by atoms with Gasteiger partial charge in [0, 0.05) is 49.0 Å². The van der Waals surface area contributed by atoms with Gasteiger partial charge in [-0.05, 0) is 89.0 Å². The summed E-state index contributed by atoms with van der Waals surface area (Å²) in [5.74, 6) is 2.71. The number of nitrogens with two attached hydrogens (primary N) is 3. The van der Waals surface area contributed by atoms with E-state index in [9.17, 15) is 0 Å². The lowest BCUT2D eigenvalue weighted by atomic mass is 9.85. The van der Waals surface area contributed by atoms with Gasteiger partial charge in [-0.1, -0.05) is 57.2 Å². The third kappa shape index (κ3) is 6.92. The van der Waals surface area contributed by atoms with E-state index in [0.29, 0.717) is 0 Å². The minimum Gasteiger partial charge on any atom is -0.398 e. The minimum atomic E-state index is 0.842. The Bertz CT molecular complexity index is 1230. The van der Waals surface area contributed by atoms with Crippen LogP contribution in [0.5, 0.6) is 0 Å². The summed E-state index contributed by atoms with van der Waals surface area (Å²) >= 11 is 5.54. The van der Waals surface area contributed by atoms with E-state index in [1.807, 2.05) is 71.7 Å². The highest BCUT2D eigenvalue weighted by Crippen LogP contribution is 2.41. The lowest BCUT2D eigenvalue weighted by Gasteiger charge is -2.26. The van der Waals surface area contributed by atoms with Crippen LogP contribution in [0.4, 0.5) is 17.1 Å². The molecule has 6 N–H and O–H groups in total. The molecule has 0 fully saturated rings. The van der Waals surface area contributed by atoms with Crippen LogP contribution in [-0.2, 0) is 36.5 Å². The third-order valence-corrected chi connectivity index (χ3v) is 10.5. The number of rotatable bonds is 12. The van der Waals surface area contributed by atoms with E-state index in [2.05, 4.69) is 57.2 Å². The lowest BCUT2D eigenvalue weighted by Crippen LogP contribution is -2.12. The standard InChI is InChI=1S/C33H39N3S3/c1-4-22-25(19-37-31-16-10-7-13-28(31)34)23(5-2)27(21-39-33-18-12-9-15-30(33)36)24(6-3)26(22)20-38-32-17-11-8-14-29(32)35/h7-18H,4-6,19-21,34-36H2,1-3H3. The quantitative estimate of drug-likeness (QED) is 0.116. The van der Waals surface area contributed by atoms with Gasteiger partial charge >= 0.3 is 0 Å². The van der Waals surface area contributed by atoms with Gasteiger partial charge < -0.3 is 17.2 Å². The predicted octanol–water partition coefficient (Wildman–Crippen LogP) is 9.00. The second-order valence-corrected chi connectivity index (χ2v) is 12.5. The molecule has 0 aliphatic heterocycles. The zero-order valence-corrected chi connectivity index (χ0v) is 25.6. The molecule has 0 aromatic heterocycles. The molecule has 3 nitrogen and oxygen atoms in total. The molecule has 0 amide bonds. The van der Waals surface area contributed by atoms with E-state index in [4.69, 9.17) is 17.2 Å². The van der Waals surface area contributed by atoms with Crippen LogP contribution in [0.3, 0.4) is 0 Å². The molecule has 0 unspecified atom stereocenters. The van der Waals surface area contributed by atoms with Crippen LogP contribution >= 0.6 is 35.3 Å². The normalized spacial score (nSPS) is 11.2. The molecular formula is C33H39N3S3. The van der Waals surface area contributed by atoms with Crippen molar-refractivity contribution in [3.8, 4) is 0 Å². The summed E-state index contributed by atoms with van der Waals surface area (Å²) in [5, 5.41) is 0. The second-order valence-electron chi connectivity index (χ2n) is 9.41. The fourth-order valence-electron chi connectivity index (χ4n) is 5.18. The molecule has 0 aliphatic rings. The summed E-state index contributed by atoms with van der Waals surface area (Å²) in [6.45, 7) is 6.89. The maximum absolute atomic E-state index is 6.33. The summed E-state index contributed by atoms with van der Waals surface area (Å²) < 4.78 is 0. The van der Waals surface area contributed by atoms with E-state index in [-0.39, 0.29) is 0 Å². The molecule has 0 bridgehead atoms. The summed E-state index contributed by atoms with van der Waals surface area (Å²) in [7, 11) is 0. The van der Waals surface area contributed by atoms with Gasteiger partial charge in [0.15, 0.2) is 0 Å². The monoisotopic (exact) mass is 573 g/mol. The average molecular weight is 574 g/mol. The fraction of sp³-hybridized carbons (Fsp3) is 0.273. The van der Waals surface area contributed by atoms with Crippen LogP contribution in [0.2, 0.25) is 0 Å². The SMILES string of the molecule is CCc1c(CSc2ccccc2N)c(CC)c(CSc2ccccc2N)c(CC)c1CSc1ccccc1N. The Labute approximate surface area is 246 Å². The Hall–Kier alpha value is -2.67. The molecule has 0 saturated heterocycles. The average Bonchev–Trinajstić information content (AvgIpc) is 2.95. The zero-order valence-electron chi connectivity index (χ0n) is 23.1. The molecule has 0 spiro atoms. The summed E-state index contributed by atoms with van der Waals surface area (Å²) in [5.41, 5.74) is 30.4. The van der Waals surface area contributed by atoms with Gasteiger partial charge in [-0.3, -0.25) is 0 Å². The van der Waals surface area contributed by atoms with Crippen molar-refractivity contribution >= 4 is 52.3 Å². The predicted molar refractivity (Wildman–Crippen MR) is 176 cm³/mol. The largest absolute Gasteiger partial charge is 0.398 e. The summed E-state index contributed by atoms with van der Waals surface area (Å²) in [6.07, 6.45) is 3.00. The van der Waals surface area contributed by atoms with Gasteiger partial charge in [0.2, 0.25) is 0 Å². The topological polar surface area (TPSA) is 78.1 Å². The van der Waals surface area contributed by atoms with Gasteiger partial charge in [-0.25, -0.2) is 0 Å². The van der Waals surface area contributed by atoms with Crippen molar-refractivity contribution in [1.29, 1.82) is 0 Å². The van der Waals surface area contributed by atoms with Crippen LogP contribution < -0.4 is 17.2 Å². The fourth-order valence-corrected chi connectivity index (χ4v) is 8.35. The highest BCUT2D eigenvalue weighted by Gasteiger charge is 2.22. The number of hydrogen-bond acceptors (Lipinski definition) is 6. The van der Waals surface area contributed by atoms with Crippen molar-refractivity contribution in [1.82, 2.24) is 0 Å². The van der Waals surface area contributed by atoms with Crippen LogP contribution in [0.15, 0.2) is 87.5 Å². The first-order valence-corrected chi connectivity index (χ1v) is 16.5. The first kappa shape index (κ1) is 29.3. The molecule has 204 valence electrons. The molecular weight excluding hydrogens is 535 g/mol. The van der Waals surface area contributed by atoms with E-state index < -0.39 is 0 Å². The first-order valence-electron chi connectivity index (χ1n) is 13.6. The van der Waals surface area contributed by atoms with Crippen molar-refractivity contribution in [2.75, 3.05) is 17.2 Å². The molecule has 0 saturated carbocycles. The van der Waals surface area contributed by atoms with Crippen molar-refractivity contribution in [3.63, 3.8) is 0 Å². The van der Waals surface area contributed by atoms with Gasteiger partial charge in [-0.2, -0.15) is 0 Å². The Morgan fingerprint density at radius 1 is 0.410 bits per heavy atom. The number of nitrogen functional groups attached to an aromatic ring is 3. The third-order valence-electron chi connectivity index (χ3n) is 7.12. The Morgan fingerprint density at radius 2 is 0.667 bits per heavy atom. The minimum absolute atomic E-state index is 0.842. The smallest absolute Gasteiger partial charge is 0.0452 e. The number of benzene rings is 4. The van der Waals surface area contributed by atoms with Gasteiger partial charge in [0.1, 0.15) is 0 Å². The highest BCUT2D eigenvalue weighted by molar-refractivity contribution is 7.99. The highest BCUT2D eigenvalue weighted by atomic mass is 32.2. The second kappa shape index (κ2) is 14.1. The van der Waals surface area contributed by atoms with Crippen LogP contribution in [0.25, 0.3) is 0 Å². The maximum Gasteiger partial charge on any atom is 0.0452 e. The van der Waals surface area contributed by atoms with Crippen molar-refractivity contribution in [2.45, 2.75) is 72.0 Å². The van der Waals surface area contributed by atoms with E-state index >= 15 is 0 Å². The summed E-state index contributed by atoms with van der Waals surface area (Å²) in [4.78, 5) is 3.42. The molecule has 4 rings (SSSR count). The maximum atomic E-state index is 6.33. The van der Waals surface area contributed by atoms with Gasteiger partial charge in [0.05, 0.1) is 0 Å². The van der Waals surface area contributed by atoms with Gasteiger partial charge in [0.25, 0.3) is 0 Å². The number of hydrogen-bond donors (Lipinski definition) is 3. The first-order chi connectivity index (χ1) is 19.0. The van der Waals surface area contributed by atoms with E-state index in [0.717, 1.165) is 68.3 Å². The van der Waals surface area contributed by atoms with Crippen LogP contribution in [0, 0.1) is 0 Å². The Balaban J connectivity index is 1.81. The van der Waals surface area contributed by atoms with Gasteiger partial charge in [-0.15, -0.1) is 35.3 Å². The molecule has 6 heteroatoms. The molecule has 0 atom stereocenters. The molecule has 0 radical (unpaired) electrons. The molecule has 4 aromatic rings. The zero-order chi connectivity index (χ0) is 27.8. The van der Waals surface area contributed by atoms with E-state index in [1.165, 1.54) is 33.4 Å². The van der Waals surface area contributed by atoms with E-state index in [1.54, 1.807) is 0 Å². The number of para-hydroxylation sites is 3. The van der Waals surface area contributed by atoms with Crippen LogP contribution in [-0.4, -0.2) is 0 Å². The summed E-state index contributed by atoms with van der Waals surface area (Å²) in [6, 6.07) is 24.5. The molecule has 0 heterocycles. The Morgan fingerprint density at radius 3 is 0.897 bits per heavy atom. The Kier molecular flexibility index (Phi) is 10.6. The molecule has 4 aromatic carbocycles. The van der Waals surface area contributed by atoms with Crippen molar-refractivity contribution in [3.05, 3.63) is 106 Å². The van der Waals surface area contributed by atoms with Crippen molar-refractivity contribution in [2.24, 2.45) is 0 Å². The molecule has 39 heavy (non-hydrogen) atoms. The number of thioether (sulfide) groups is 3. The lowest BCUT2D eigenvalue weighted by molar-refractivity contribution is 0.946. The van der Waals surface area contributed by atoms with Crippen molar-refractivity contribution < 1.29 is 0 Å². The van der Waals surface area contributed by atoms with Crippen LogP contribution in [0.1, 0.15) is 54.2 Å². The number of anilines is 3.